The van der Waals surface area contributed by atoms with E-state index in [4.69, 9.17) is 0 Å². The summed E-state index contributed by atoms with van der Waals surface area (Å²) in [5, 5.41) is 12.4. The molecular formula is C23H38N4O2. The monoisotopic (exact) mass is 402 g/mol. The zero-order chi connectivity index (χ0) is 21.5. The number of carbonyl (C=O) groups excluding carboxylic acids is 2. The van der Waals surface area contributed by atoms with E-state index in [0.29, 0.717) is 6.54 Å². The van der Waals surface area contributed by atoms with Crippen molar-refractivity contribution in [2.75, 3.05) is 20.1 Å². The van der Waals surface area contributed by atoms with Crippen LogP contribution in [-0.4, -0.2) is 38.1 Å². The van der Waals surface area contributed by atoms with Crippen LogP contribution in [0.3, 0.4) is 0 Å². The minimum absolute atomic E-state index is 0.0124. The second-order valence-electron chi connectivity index (χ2n) is 9.17. The van der Waals surface area contributed by atoms with E-state index in [-0.39, 0.29) is 28.9 Å². The van der Waals surface area contributed by atoms with E-state index in [9.17, 15) is 9.59 Å². The van der Waals surface area contributed by atoms with Crippen LogP contribution in [0, 0.1) is 0 Å². The van der Waals surface area contributed by atoms with Gasteiger partial charge in [-0.25, -0.2) is 4.79 Å². The van der Waals surface area contributed by atoms with Gasteiger partial charge < -0.3 is 21.3 Å². The molecule has 0 heterocycles. The number of rotatable bonds is 7. The topological polar surface area (TPSA) is 82.3 Å². The third-order valence-corrected chi connectivity index (χ3v) is 5.87. The Morgan fingerprint density at radius 3 is 2.41 bits per heavy atom. The fraction of sp³-hybridized carbons (Fsp3) is 0.652. The molecule has 2 rings (SSSR count). The molecule has 4 N–H and O–H groups in total. The van der Waals surface area contributed by atoms with Crippen LogP contribution in [0.5, 0.6) is 0 Å². The van der Waals surface area contributed by atoms with Crippen LogP contribution < -0.4 is 21.3 Å². The van der Waals surface area contributed by atoms with Gasteiger partial charge in [-0.15, -0.1) is 0 Å². The molecule has 6 heteroatoms. The van der Waals surface area contributed by atoms with Gasteiger partial charge >= 0.3 is 6.03 Å². The maximum Gasteiger partial charge on any atom is 0.314 e. The molecule has 162 valence electrons. The van der Waals surface area contributed by atoms with Crippen LogP contribution in [-0.2, 0) is 15.7 Å². The van der Waals surface area contributed by atoms with Crippen LogP contribution in [0.25, 0.3) is 0 Å². The van der Waals surface area contributed by atoms with Crippen LogP contribution in [0.15, 0.2) is 24.3 Å². The summed E-state index contributed by atoms with van der Waals surface area (Å²) < 4.78 is 0. The lowest BCUT2D eigenvalue weighted by atomic mass is 9.73. The molecule has 1 fully saturated rings. The highest BCUT2D eigenvalue weighted by atomic mass is 16.2. The van der Waals surface area contributed by atoms with Crippen molar-refractivity contribution in [3.05, 3.63) is 35.4 Å². The number of amides is 3. The van der Waals surface area contributed by atoms with E-state index >= 15 is 0 Å². The van der Waals surface area contributed by atoms with Gasteiger partial charge in [0.15, 0.2) is 0 Å². The third-order valence-electron chi connectivity index (χ3n) is 5.87. The predicted molar refractivity (Wildman–Crippen MR) is 118 cm³/mol. The van der Waals surface area contributed by atoms with Crippen LogP contribution in [0.2, 0.25) is 0 Å². The van der Waals surface area contributed by atoms with Crippen LogP contribution >= 0.6 is 0 Å². The standard InChI is InChI=1S/C23H38N4O2/c1-17(28)25-14-7-15-26-23(12-10-20(11-13-23)27-21(29)24-5)19-9-6-8-18(16-19)22(2,3)4/h6,8-9,16,20,26H,7,10-15H2,1-5H3,(H,25,28)(H2,24,27,29). The first kappa shape index (κ1) is 23.2. The smallest absolute Gasteiger partial charge is 0.314 e. The van der Waals surface area contributed by atoms with E-state index < -0.39 is 0 Å². The molecule has 6 nitrogen and oxygen atoms in total. The molecule has 0 atom stereocenters. The lowest BCUT2D eigenvalue weighted by molar-refractivity contribution is -0.118. The SMILES string of the molecule is CNC(=O)NC1CCC(NCCCNC(C)=O)(c2cccc(C(C)(C)C)c2)CC1. The van der Waals surface area contributed by atoms with E-state index in [1.807, 2.05) is 0 Å². The fourth-order valence-electron chi connectivity index (χ4n) is 4.04. The van der Waals surface area contributed by atoms with Crippen molar-refractivity contribution in [3.8, 4) is 0 Å². The molecule has 29 heavy (non-hydrogen) atoms. The Kier molecular flexibility index (Phi) is 8.08. The fourth-order valence-corrected chi connectivity index (χ4v) is 4.04. The normalized spacial score (nSPS) is 22.0. The molecule has 0 bridgehead atoms. The molecule has 0 spiro atoms. The van der Waals surface area contributed by atoms with Gasteiger partial charge in [-0.2, -0.15) is 0 Å². The molecule has 0 aromatic heterocycles. The van der Waals surface area contributed by atoms with Crippen LogP contribution in [0.1, 0.15) is 70.9 Å². The van der Waals surface area contributed by atoms with E-state index in [0.717, 1.165) is 38.6 Å². The maximum absolute atomic E-state index is 11.7. The summed E-state index contributed by atoms with van der Waals surface area (Å²) in [5.74, 6) is 0.0124. The van der Waals surface area contributed by atoms with Crippen molar-refractivity contribution in [2.45, 2.75) is 76.8 Å². The lowest BCUT2D eigenvalue weighted by Gasteiger charge is -2.42. The Morgan fingerprint density at radius 2 is 1.83 bits per heavy atom. The first-order chi connectivity index (χ1) is 13.7. The first-order valence-corrected chi connectivity index (χ1v) is 10.7. The second kappa shape index (κ2) is 10.1. The number of benzene rings is 1. The molecule has 1 aliphatic carbocycles. The molecule has 1 aliphatic rings. The Hall–Kier alpha value is -2.08. The highest BCUT2D eigenvalue weighted by Crippen LogP contribution is 2.38. The molecule has 3 amide bonds. The summed E-state index contributed by atoms with van der Waals surface area (Å²) in [6, 6.07) is 9.02. The van der Waals surface area contributed by atoms with Crippen LogP contribution in [0.4, 0.5) is 4.79 Å². The third kappa shape index (κ3) is 6.74. The van der Waals surface area contributed by atoms with Gasteiger partial charge in [0.2, 0.25) is 5.91 Å². The Balaban J connectivity index is 2.14. The van der Waals surface area contributed by atoms with Crippen molar-refractivity contribution in [3.63, 3.8) is 0 Å². The Morgan fingerprint density at radius 1 is 1.14 bits per heavy atom. The molecule has 0 aliphatic heterocycles. The average molecular weight is 403 g/mol. The number of nitrogens with one attached hydrogen (secondary N) is 4. The summed E-state index contributed by atoms with van der Waals surface area (Å²) in [7, 11) is 1.65. The number of hydrogen-bond acceptors (Lipinski definition) is 3. The first-order valence-electron chi connectivity index (χ1n) is 10.7. The lowest BCUT2D eigenvalue weighted by Crippen LogP contribution is -2.51. The largest absolute Gasteiger partial charge is 0.356 e. The highest BCUT2D eigenvalue weighted by molar-refractivity contribution is 5.73. The van der Waals surface area contributed by atoms with Gasteiger partial charge in [-0.1, -0.05) is 45.0 Å². The summed E-state index contributed by atoms with van der Waals surface area (Å²) in [6.07, 6.45) is 4.70. The van der Waals surface area contributed by atoms with Gasteiger partial charge in [-0.3, -0.25) is 4.79 Å². The van der Waals surface area contributed by atoms with Gasteiger partial charge in [0.25, 0.3) is 0 Å². The second-order valence-corrected chi connectivity index (χ2v) is 9.17. The molecule has 0 saturated heterocycles. The van der Waals surface area contributed by atoms with Crippen molar-refractivity contribution >= 4 is 11.9 Å². The number of urea groups is 1. The molecular weight excluding hydrogens is 364 g/mol. The summed E-state index contributed by atoms with van der Waals surface area (Å²) >= 11 is 0. The van der Waals surface area contributed by atoms with E-state index in [1.54, 1.807) is 14.0 Å². The molecule has 0 unspecified atom stereocenters. The van der Waals surface area contributed by atoms with Crippen molar-refractivity contribution < 1.29 is 9.59 Å². The van der Waals surface area contributed by atoms with Crippen molar-refractivity contribution in [1.82, 2.24) is 21.3 Å². The number of hydrogen-bond donors (Lipinski definition) is 4. The average Bonchev–Trinajstić information content (AvgIpc) is 2.68. The number of carbonyl (C=O) groups is 2. The maximum atomic E-state index is 11.7. The van der Waals surface area contributed by atoms with Crippen molar-refractivity contribution in [1.29, 1.82) is 0 Å². The summed E-state index contributed by atoms with van der Waals surface area (Å²) in [4.78, 5) is 22.8. The quantitative estimate of drug-likeness (QED) is 0.529. The molecule has 1 saturated carbocycles. The van der Waals surface area contributed by atoms with E-state index in [2.05, 4.69) is 66.3 Å². The van der Waals surface area contributed by atoms with Gasteiger partial charge in [-0.05, 0) is 55.2 Å². The Bertz CT molecular complexity index is 688. The molecule has 0 radical (unpaired) electrons. The van der Waals surface area contributed by atoms with Gasteiger partial charge in [0, 0.05) is 32.1 Å². The van der Waals surface area contributed by atoms with Gasteiger partial charge in [0.05, 0.1) is 0 Å². The van der Waals surface area contributed by atoms with Gasteiger partial charge in [0.1, 0.15) is 0 Å². The highest BCUT2D eigenvalue weighted by Gasteiger charge is 2.37. The minimum Gasteiger partial charge on any atom is -0.356 e. The molecule has 1 aromatic rings. The predicted octanol–water partition coefficient (Wildman–Crippen LogP) is 3.17. The van der Waals surface area contributed by atoms with E-state index in [1.165, 1.54) is 11.1 Å². The molecule has 1 aromatic carbocycles. The summed E-state index contributed by atoms with van der Waals surface area (Å²) in [6.45, 7) is 9.79. The zero-order valence-corrected chi connectivity index (χ0v) is 18.7. The van der Waals surface area contributed by atoms with Crippen molar-refractivity contribution in [2.24, 2.45) is 0 Å². The summed E-state index contributed by atoms with van der Waals surface area (Å²) in [5.41, 5.74) is 2.65. The zero-order valence-electron chi connectivity index (χ0n) is 18.7. The Labute approximate surface area is 175 Å². The minimum atomic E-state index is -0.111.